The van der Waals surface area contributed by atoms with Gasteiger partial charge in [0, 0.05) is 13.2 Å². The Morgan fingerprint density at radius 2 is 1.00 bits per heavy atom. The van der Waals surface area contributed by atoms with Crippen molar-refractivity contribution in [2.24, 2.45) is 17.8 Å². The summed E-state index contributed by atoms with van der Waals surface area (Å²) in [5, 5.41) is 19.4. The molecule has 2 unspecified atom stereocenters. The topological polar surface area (TPSA) is 40.5 Å². The standard InChI is InChI=1S/C17H36O2/c1-4-7-10-15(13-18)17(12-9-6-3)16(14-19)11-8-5-2/h15-19H,4-14H2,1-3H3. The average molecular weight is 272 g/mol. The molecule has 2 heteroatoms. The van der Waals surface area contributed by atoms with Crippen LogP contribution in [0.1, 0.15) is 78.6 Å². The fourth-order valence-corrected chi connectivity index (χ4v) is 3.11. The maximum Gasteiger partial charge on any atom is 0.0462 e. The average Bonchev–Trinajstić information content (AvgIpc) is 2.44. The molecular weight excluding hydrogens is 236 g/mol. The number of hydrogen-bond acceptors (Lipinski definition) is 2. The molecular formula is C17H36O2. The van der Waals surface area contributed by atoms with E-state index in [9.17, 15) is 10.2 Å². The van der Waals surface area contributed by atoms with E-state index in [4.69, 9.17) is 0 Å². The van der Waals surface area contributed by atoms with E-state index in [0.717, 1.165) is 12.8 Å². The fourth-order valence-electron chi connectivity index (χ4n) is 3.11. The van der Waals surface area contributed by atoms with E-state index in [1.165, 1.54) is 44.9 Å². The molecule has 0 aliphatic heterocycles. The van der Waals surface area contributed by atoms with Gasteiger partial charge in [-0.3, -0.25) is 0 Å². The van der Waals surface area contributed by atoms with Crippen LogP contribution in [0.25, 0.3) is 0 Å². The lowest BCUT2D eigenvalue weighted by molar-refractivity contribution is 0.0760. The molecule has 0 aliphatic rings. The van der Waals surface area contributed by atoms with Crippen molar-refractivity contribution in [3.05, 3.63) is 0 Å². The van der Waals surface area contributed by atoms with Crippen molar-refractivity contribution in [1.29, 1.82) is 0 Å². The highest BCUT2D eigenvalue weighted by atomic mass is 16.3. The minimum Gasteiger partial charge on any atom is -0.396 e. The van der Waals surface area contributed by atoms with E-state index in [2.05, 4.69) is 20.8 Å². The first-order valence-corrected chi connectivity index (χ1v) is 8.46. The Hall–Kier alpha value is -0.0800. The Morgan fingerprint density at radius 3 is 1.32 bits per heavy atom. The smallest absolute Gasteiger partial charge is 0.0462 e. The summed E-state index contributed by atoms with van der Waals surface area (Å²) in [5.74, 6) is 1.29. The number of aliphatic hydroxyl groups excluding tert-OH is 2. The highest BCUT2D eigenvalue weighted by Crippen LogP contribution is 2.33. The van der Waals surface area contributed by atoms with Crippen LogP contribution in [0.4, 0.5) is 0 Å². The molecule has 19 heavy (non-hydrogen) atoms. The van der Waals surface area contributed by atoms with Crippen LogP contribution < -0.4 is 0 Å². The number of hydrogen-bond donors (Lipinski definition) is 2. The van der Waals surface area contributed by atoms with Gasteiger partial charge in [-0.2, -0.15) is 0 Å². The summed E-state index contributed by atoms with van der Waals surface area (Å²) < 4.78 is 0. The molecule has 0 radical (unpaired) electrons. The minimum absolute atomic E-state index is 0.289. The minimum atomic E-state index is 0.289. The van der Waals surface area contributed by atoms with Crippen LogP contribution in [0.5, 0.6) is 0 Å². The van der Waals surface area contributed by atoms with E-state index < -0.39 is 0 Å². The van der Waals surface area contributed by atoms with Gasteiger partial charge in [0.05, 0.1) is 0 Å². The number of rotatable bonds is 13. The summed E-state index contributed by atoms with van der Waals surface area (Å²) in [6.07, 6.45) is 10.6. The summed E-state index contributed by atoms with van der Waals surface area (Å²) in [7, 11) is 0. The van der Waals surface area contributed by atoms with Crippen LogP contribution in [-0.4, -0.2) is 23.4 Å². The third-order valence-corrected chi connectivity index (χ3v) is 4.43. The molecule has 0 aromatic carbocycles. The molecule has 2 N–H and O–H groups in total. The lowest BCUT2D eigenvalue weighted by atomic mass is 9.75. The van der Waals surface area contributed by atoms with Gasteiger partial charge >= 0.3 is 0 Å². The summed E-state index contributed by atoms with van der Waals surface area (Å²) >= 11 is 0. The van der Waals surface area contributed by atoms with E-state index in [1.807, 2.05) is 0 Å². The van der Waals surface area contributed by atoms with Crippen LogP contribution >= 0.6 is 0 Å². The Morgan fingerprint density at radius 1 is 0.632 bits per heavy atom. The zero-order valence-electron chi connectivity index (χ0n) is 13.4. The second kappa shape index (κ2) is 12.9. The lowest BCUT2D eigenvalue weighted by Gasteiger charge is -2.32. The molecule has 0 spiro atoms. The van der Waals surface area contributed by atoms with Crippen molar-refractivity contribution in [2.75, 3.05) is 13.2 Å². The first-order chi connectivity index (χ1) is 9.24. The van der Waals surface area contributed by atoms with Crippen molar-refractivity contribution < 1.29 is 10.2 Å². The number of aliphatic hydroxyl groups is 2. The van der Waals surface area contributed by atoms with E-state index >= 15 is 0 Å². The monoisotopic (exact) mass is 272 g/mol. The molecule has 0 aliphatic carbocycles. The summed E-state index contributed by atoms with van der Waals surface area (Å²) in [4.78, 5) is 0. The maximum atomic E-state index is 9.71. The Bertz CT molecular complexity index is 166. The zero-order valence-corrected chi connectivity index (χ0v) is 13.4. The molecule has 2 atom stereocenters. The van der Waals surface area contributed by atoms with Gasteiger partial charge in [0.2, 0.25) is 0 Å². The highest BCUT2D eigenvalue weighted by Gasteiger charge is 2.27. The van der Waals surface area contributed by atoms with Gasteiger partial charge < -0.3 is 10.2 Å². The molecule has 0 fully saturated rings. The Kier molecular flexibility index (Phi) is 12.9. The largest absolute Gasteiger partial charge is 0.396 e. The van der Waals surface area contributed by atoms with Crippen LogP contribution in [-0.2, 0) is 0 Å². The quantitative estimate of drug-likeness (QED) is 0.522. The predicted molar refractivity (Wildman–Crippen MR) is 83.2 cm³/mol. The third-order valence-electron chi connectivity index (χ3n) is 4.43. The normalized spacial score (nSPS) is 16.3. The molecule has 0 heterocycles. The Balaban J connectivity index is 4.60. The van der Waals surface area contributed by atoms with Gasteiger partial charge in [0.15, 0.2) is 0 Å². The third kappa shape index (κ3) is 7.94. The fraction of sp³-hybridized carbons (Fsp3) is 1.00. The van der Waals surface area contributed by atoms with Crippen LogP contribution in [0.3, 0.4) is 0 Å². The molecule has 0 saturated heterocycles. The molecule has 116 valence electrons. The van der Waals surface area contributed by atoms with Gasteiger partial charge in [0.25, 0.3) is 0 Å². The summed E-state index contributed by atoms with van der Waals surface area (Å²) in [5.41, 5.74) is 0. The van der Waals surface area contributed by atoms with Crippen molar-refractivity contribution >= 4 is 0 Å². The molecule has 0 bridgehead atoms. The van der Waals surface area contributed by atoms with E-state index in [-0.39, 0.29) is 13.2 Å². The predicted octanol–water partition coefficient (Wildman–Crippen LogP) is 4.39. The van der Waals surface area contributed by atoms with Gasteiger partial charge in [-0.25, -0.2) is 0 Å². The van der Waals surface area contributed by atoms with Gasteiger partial charge in [-0.05, 0) is 37.0 Å². The zero-order chi connectivity index (χ0) is 14.5. The molecule has 0 aromatic heterocycles. The first kappa shape index (κ1) is 18.9. The first-order valence-electron chi connectivity index (χ1n) is 8.46. The van der Waals surface area contributed by atoms with Crippen LogP contribution in [0.2, 0.25) is 0 Å². The SMILES string of the molecule is CCCCC(CO)C(CCCC)C(CO)CCCC. The Labute approximate surface area is 120 Å². The molecule has 0 saturated carbocycles. The van der Waals surface area contributed by atoms with Crippen molar-refractivity contribution in [1.82, 2.24) is 0 Å². The second-order valence-electron chi connectivity index (χ2n) is 5.98. The van der Waals surface area contributed by atoms with Crippen molar-refractivity contribution in [3.8, 4) is 0 Å². The number of unbranched alkanes of at least 4 members (excludes halogenated alkanes) is 3. The van der Waals surface area contributed by atoms with E-state index in [1.54, 1.807) is 0 Å². The second-order valence-corrected chi connectivity index (χ2v) is 5.98. The summed E-state index contributed by atoms with van der Waals surface area (Å²) in [6.45, 7) is 7.21. The molecule has 0 amide bonds. The molecule has 2 nitrogen and oxygen atoms in total. The van der Waals surface area contributed by atoms with Crippen molar-refractivity contribution in [2.45, 2.75) is 78.6 Å². The van der Waals surface area contributed by atoms with Gasteiger partial charge in [0.1, 0.15) is 0 Å². The van der Waals surface area contributed by atoms with Crippen molar-refractivity contribution in [3.63, 3.8) is 0 Å². The van der Waals surface area contributed by atoms with Crippen LogP contribution in [0.15, 0.2) is 0 Å². The van der Waals surface area contributed by atoms with Gasteiger partial charge in [-0.15, -0.1) is 0 Å². The van der Waals surface area contributed by atoms with Crippen LogP contribution in [0, 0.1) is 17.8 Å². The highest BCUT2D eigenvalue weighted by molar-refractivity contribution is 4.77. The lowest BCUT2D eigenvalue weighted by Crippen LogP contribution is -2.29. The summed E-state index contributed by atoms with van der Waals surface area (Å²) in [6, 6.07) is 0. The molecule has 0 rings (SSSR count). The van der Waals surface area contributed by atoms with Gasteiger partial charge in [-0.1, -0.05) is 59.3 Å². The maximum absolute atomic E-state index is 9.71. The van der Waals surface area contributed by atoms with E-state index in [0.29, 0.717) is 17.8 Å². The molecule has 0 aromatic rings.